The van der Waals surface area contributed by atoms with Gasteiger partial charge in [0.2, 0.25) is 0 Å². The second-order valence-electron chi connectivity index (χ2n) is 11.5. The highest BCUT2D eigenvalue weighted by atomic mass is 19.1. The molecule has 1 saturated heterocycles. The van der Waals surface area contributed by atoms with E-state index in [0.717, 1.165) is 60.2 Å². The van der Waals surface area contributed by atoms with Crippen LogP contribution in [0.2, 0.25) is 0 Å². The molecule has 0 bridgehead atoms. The molecule has 41 heavy (non-hydrogen) atoms. The monoisotopic (exact) mass is 558 g/mol. The molecule has 1 aliphatic rings. The molecule has 0 amide bonds. The third-order valence-electron chi connectivity index (χ3n) is 8.00. The van der Waals surface area contributed by atoms with E-state index in [4.69, 9.17) is 15.7 Å². The first-order valence-corrected chi connectivity index (χ1v) is 14.4. The summed E-state index contributed by atoms with van der Waals surface area (Å²) in [6.45, 7) is 18.6. The average Bonchev–Trinajstić information content (AvgIpc) is 2.94. The Labute approximate surface area is 242 Å². The van der Waals surface area contributed by atoms with E-state index < -0.39 is 5.82 Å². The fourth-order valence-electron chi connectivity index (χ4n) is 5.48. The maximum Gasteiger partial charge on any atom is 0.162 e. The number of pyridine rings is 2. The van der Waals surface area contributed by atoms with Crippen LogP contribution >= 0.6 is 0 Å². The molecule has 5 N–H and O–H groups in total. The second kappa shape index (κ2) is 12.8. The van der Waals surface area contributed by atoms with Gasteiger partial charge in [-0.3, -0.25) is 9.97 Å². The van der Waals surface area contributed by atoms with E-state index in [1.165, 1.54) is 18.3 Å². The molecule has 4 heterocycles. The molecule has 0 aromatic carbocycles. The van der Waals surface area contributed by atoms with Crippen molar-refractivity contribution in [3.05, 3.63) is 77.7 Å². The van der Waals surface area contributed by atoms with Crippen LogP contribution < -0.4 is 21.7 Å². The van der Waals surface area contributed by atoms with Crippen LogP contribution in [0.5, 0.6) is 0 Å². The minimum Gasteiger partial charge on any atom is -0.385 e. The molecule has 2 atom stereocenters. The van der Waals surface area contributed by atoms with Crippen molar-refractivity contribution in [2.75, 3.05) is 18.4 Å². The minimum absolute atomic E-state index is 0.0343. The van der Waals surface area contributed by atoms with Crippen LogP contribution in [-0.2, 0) is 0 Å². The normalized spacial score (nSPS) is 18.5. The molecule has 0 saturated carbocycles. The van der Waals surface area contributed by atoms with Crippen LogP contribution in [0, 0.1) is 11.2 Å². The summed E-state index contributed by atoms with van der Waals surface area (Å²) in [5.41, 5.74) is 10.3. The van der Waals surface area contributed by atoms with E-state index in [1.807, 2.05) is 26.1 Å². The molecule has 0 aliphatic carbocycles. The summed E-state index contributed by atoms with van der Waals surface area (Å²) < 4.78 is 14.3. The molecule has 2 unspecified atom stereocenters. The highest BCUT2D eigenvalue weighted by molar-refractivity contribution is 5.94. The van der Waals surface area contributed by atoms with E-state index in [9.17, 15) is 4.39 Å². The third kappa shape index (κ3) is 6.56. The largest absolute Gasteiger partial charge is 0.385 e. The number of hydrogen-bond acceptors (Lipinski definition) is 8. The Morgan fingerprint density at radius 3 is 2.78 bits per heavy atom. The van der Waals surface area contributed by atoms with Gasteiger partial charge in [0.25, 0.3) is 0 Å². The van der Waals surface area contributed by atoms with Crippen molar-refractivity contribution in [1.29, 1.82) is 0 Å². The number of fused-ring (bicyclic) bond motifs is 1. The number of halogens is 1. The quantitative estimate of drug-likeness (QED) is 0.220. The van der Waals surface area contributed by atoms with Crippen molar-refractivity contribution < 1.29 is 4.39 Å². The number of rotatable bonds is 10. The smallest absolute Gasteiger partial charge is 0.162 e. The molecule has 3 aromatic rings. The molecule has 9 heteroatoms. The van der Waals surface area contributed by atoms with Crippen LogP contribution in [0.15, 0.2) is 54.8 Å². The molecule has 1 aliphatic heterocycles. The molecule has 8 nitrogen and oxygen atoms in total. The lowest BCUT2D eigenvalue weighted by Crippen LogP contribution is -2.49. The molecule has 4 rings (SSSR count). The van der Waals surface area contributed by atoms with Gasteiger partial charge in [0.1, 0.15) is 17.3 Å². The fourth-order valence-corrected chi connectivity index (χ4v) is 5.48. The molecule has 218 valence electrons. The summed E-state index contributed by atoms with van der Waals surface area (Å²) in [5.74, 6) is 1.50. The first-order valence-electron chi connectivity index (χ1n) is 14.4. The van der Waals surface area contributed by atoms with Crippen LogP contribution in [0.1, 0.15) is 83.8 Å². The second-order valence-corrected chi connectivity index (χ2v) is 11.5. The molecular formula is C32H43FN8. The van der Waals surface area contributed by atoms with Crippen LogP contribution in [0.3, 0.4) is 0 Å². The first-order chi connectivity index (χ1) is 19.6. The van der Waals surface area contributed by atoms with E-state index in [2.05, 4.69) is 60.2 Å². The number of nitrogens with two attached hydrogens (primary N) is 1. The van der Waals surface area contributed by atoms with Gasteiger partial charge in [-0.15, -0.1) is 0 Å². The first kappa shape index (κ1) is 30.1. The zero-order chi connectivity index (χ0) is 29.7. The number of nitrogens with one attached hydrogen (secondary N) is 3. The van der Waals surface area contributed by atoms with Crippen molar-refractivity contribution >= 4 is 28.0 Å². The highest BCUT2D eigenvalue weighted by Crippen LogP contribution is 2.36. The van der Waals surface area contributed by atoms with Crippen molar-refractivity contribution in [3.8, 4) is 0 Å². The van der Waals surface area contributed by atoms with Crippen LogP contribution in [0.4, 0.5) is 10.2 Å². The molecule has 0 spiro atoms. The molecular weight excluding hydrogens is 515 g/mol. The van der Waals surface area contributed by atoms with Gasteiger partial charge in [0.15, 0.2) is 11.6 Å². The average molecular weight is 559 g/mol. The summed E-state index contributed by atoms with van der Waals surface area (Å²) in [6, 6.07) is 3.10. The maximum atomic E-state index is 14.3. The van der Waals surface area contributed by atoms with E-state index in [0.29, 0.717) is 23.1 Å². The van der Waals surface area contributed by atoms with Gasteiger partial charge in [0, 0.05) is 35.9 Å². The van der Waals surface area contributed by atoms with Gasteiger partial charge in [0.05, 0.1) is 17.4 Å². The summed E-state index contributed by atoms with van der Waals surface area (Å²) in [7, 11) is 0. The van der Waals surface area contributed by atoms with Gasteiger partial charge in [-0.1, -0.05) is 46.8 Å². The van der Waals surface area contributed by atoms with Crippen LogP contribution in [-0.4, -0.2) is 39.1 Å². The standard InChI is InChI=1S/C32H43FN8/c1-8-11-19(3)23-16-36-17-25-27(23)31(40-26-13-15-35-18-32(26,6)7)41-30(39-25)22(9-2)20(4)29(34)38-21(5)28-24(33)12-10-14-37-28/h9-10,12,14,16-17,19,26,35,38H,5,8,11,13,15,18,34H2,1-4,6-7H3,(H,39,40,41)/b22-9+,29-20+. The topological polar surface area (TPSA) is 114 Å². The number of anilines is 1. The summed E-state index contributed by atoms with van der Waals surface area (Å²) in [6.07, 6.45) is 10.3. The van der Waals surface area contributed by atoms with Gasteiger partial charge >= 0.3 is 0 Å². The van der Waals surface area contributed by atoms with E-state index in [-0.39, 0.29) is 22.8 Å². The molecule has 0 radical (unpaired) electrons. The van der Waals surface area contributed by atoms with Gasteiger partial charge in [-0.05, 0) is 67.8 Å². The summed E-state index contributed by atoms with van der Waals surface area (Å²) in [5, 5.41) is 11.4. The molecule has 3 aromatic heterocycles. The summed E-state index contributed by atoms with van der Waals surface area (Å²) >= 11 is 0. The van der Waals surface area contributed by atoms with Crippen molar-refractivity contribution in [1.82, 2.24) is 30.6 Å². The highest BCUT2D eigenvalue weighted by Gasteiger charge is 2.33. The predicted octanol–water partition coefficient (Wildman–Crippen LogP) is 6.12. The minimum atomic E-state index is -0.475. The third-order valence-corrected chi connectivity index (χ3v) is 8.00. The predicted molar refractivity (Wildman–Crippen MR) is 166 cm³/mol. The Balaban J connectivity index is 1.80. The van der Waals surface area contributed by atoms with E-state index in [1.54, 1.807) is 6.20 Å². The Kier molecular flexibility index (Phi) is 9.38. The van der Waals surface area contributed by atoms with Gasteiger partial charge in [-0.2, -0.15) is 0 Å². The van der Waals surface area contributed by atoms with Gasteiger partial charge < -0.3 is 21.7 Å². The van der Waals surface area contributed by atoms with Crippen molar-refractivity contribution in [2.24, 2.45) is 11.1 Å². The van der Waals surface area contributed by atoms with Crippen molar-refractivity contribution in [3.63, 3.8) is 0 Å². The van der Waals surface area contributed by atoms with Crippen molar-refractivity contribution in [2.45, 2.75) is 72.8 Å². The number of allylic oxidation sites excluding steroid dienone is 3. The Morgan fingerprint density at radius 1 is 1.32 bits per heavy atom. The lowest BCUT2D eigenvalue weighted by Gasteiger charge is -2.40. The number of piperidine rings is 1. The Hall–Kier alpha value is -3.85. The summed E-state index contributed by atoms with van der Waals surface area (Å²) in [4.78, 5) is 18.8. The number of hydrogen-bond donors (Lipinski definition) is 4. The Morgan fingerprint density at radius 2 is 2.10 bits per heavy atom. The lowest BCUT2D eigenvalue weighted by atomic mass is 9.80. The number of aromatic nitrogens is 4. The lowest BCUT2D eigenvalue weighted by molar-refractivity contribution is 0.236. The Bertz CT molecular complexity index is 1480. The molecule has 1 fully saturated rings. The SMILES string of the molecule is C=C(N/C(N)=C(C)/C(=C\C)c1nc(NC2CCNCC2(C)C)c2c(C(C)CCC)cncc2n1)c1ncccc1F. The van der Waals surface area contributed by atoms with Crippen LogP contribution in [0.25, 0.3) is 22.2 Å². The van der Waals surface area contributed by atoms with E-state index >= 15 is 0 Å². The zero-order valence-electron chi connectivity index (χ0n) is 25.1. The fraction of sp³-hybridized carbons (Fsp3) is 0.438. The number of nitrogens with zero attached hydrogens (tertiary/aromatic N) is 4. The maximum absolute atomic E-state index is 14.3. The zero-order valence-corrected chi connectivity index (χ0v) is 25.1. The van der Waals surface area contributed by atoms with Gasteiger partial charge in [-0.25, -0.2) is 14.4 Å².